The first-order valence-corrected chi connectivity index (χ1v) is 9.80. The number of fused-ring (bicyclic) bond motifs is 4. The zero-order valence-corrected chi connectivity index (χ0v) is 14.6. The highest BCUT2D eigenvalue weighted by atomic mass is 16.5. The zero-order chi connectivity index (χ0) is 16.2. The Morgan fingerprint density at radius 3 is 2.17 bits per heavy atom. The monoisotopic (exact) mass is 322 g/mol. The van der Waals surface area contributed by atoms with Crippen molar-refractivity contribution in [3.63, 3.8) is 0 Å². The molecule has 0 aromatic carbocycles. The summed E-state index contributed by atoms with van der Waals surface area (Å²) in [6, 6.07) is 1.26. The number of carbonyl (C=O) groups excluding carboxylic acids is 1. The van der Waals surface area contributed by atoms with Gasteiger partial charge in [-0.2, -0.15) is 0 Å². The molecule has 0 aromatic heterocycles. The van der Waals surface area contributed by atoms with Gasteiger partial charge < -0.3 is 15.8 Å². The summed E-state index contributed by atoms with van der Waals surface area (Å²) < 4.78 is 4.89. The van der Waals surface area contributed by atoms with Crippen molar-refractivity contribution < 1.29 is 9.53 Å². The van der Waals surface area contributed by atoms with Crippen molar-refractivity contribution in [3.05, 3.63) is 0 Å². The maximum absolute atomic E-state index is 11.1. The van der Waals surface area contributed by atoms with Gasteiger partial charge in [0.15, 0.2) is 0 Å². The van der Waals surface area contributed by atoms with Gasteiger partial charge in [-0.1, -0.05) is 12.8 Å². The third kappa shape index (κ3) is 4.48. The summed E-state index contributed by atoms with van der Waals surface area (Å²) in [5.74, 6) is 3.72. The molecule has 4 aliphatic carbocycles. The molecule has 0 aliphatic heterocycles. The Balaban J connectivity index is 0.000000162. The van der Waals surface area contributed by atoms with Crippen molar-refractivity contribution in [3.8, 4) is 0 Å². The number of hydrogen-bond donors (Lipinski definition) is 2. The van der Waals surface area contributed by atoms with Gasteiger partial charge >= 0.3 is 5.97 Å². The quantitative estimate of drug-likeness (QED) is 0.764. The first-order valence-electron chi connectivity index (χ1n) is 9.80. The lowest BCUT2D eigenvalue weighted by Crippen LogP contribution is -2.35. The molecule has 4 heteroatoms. The molecule has 23 heavy (non-hydrogen) atoms. The van der Waals surface area contributed by atoms with Gasteiger partial charge in [-0.15, -0.1) is 0 Å². The molecule has 132 valence electrons. The van der Waals surface area contributed by atoms with Crippen LogP contribution in [0.2, 0.25) is 0 Å². The van der Waals surface area contributed by atoms with Crippen molar-refractivity contribution >= 4 is 5.97 Å². The summed E-state index contributed by atoms with van der Waals surface area (Å²) in [7, 11) is 0. The minimum absolute atomic E-state index is 0.0758. The summed E-state index contributed by atoms with van der Waals surface area (Å²) >= 11 is 0. The van der Waals surface area contributed by atoms with Crippen LogP contribution in [-0.2, 0) is 9.53 Å². The minimum Gasteiger partial charge on any atom is -0.466 e. The Morgan fingerprint density at radius 2 is 1.74 bits per heavy atom. The fraction of sp³-hybridized carbons (Fsp3) is 0.947. The van der Waals surface area contributed by atoms with Crippen LogP contribution in [0.5, 0.6) is 0 Å². The topological polar surface area (TPSA) is 64.3 Å². The van der Waals surface area contributed by atoms with E-state index in [4.69, 9.17) is 10.5 Å². The van der Waals surface area contributed by atoms with Crippen LogP contribution >= 0.6 is 0 Å². The van der Waals surface area contributed by atoms with Gasteiger partial charge in [-0.25, -0.2) is 0 Å². The molecule has 3 N–H and O–H groups in total. The van der Waals surface area contributed by atoms with Crippen LogP contribution in [0.4, 0.5) is 0 Å². The Hall–Kier alpha value is -0.610. The molecule has 4 aliphatic rings. The SMILES string of the molecule is CCOC(=O)CCNC1CC2CCC1C2.NC1CC2CCC1C2. The van der Waals surface area contributed by atoms with Crippen molar-refractivity contribution in [1.29, 1.82) is 0 Å². The fourth-order valence-electron chi connectivity index (χ4n) is 5.38. The molecule has 4 rings (SSSR count). The van der Waals surface area contributed by atoms with E-state index in [1.54, 1.807) is 0 Å². The highest BCUT2D eigenvalue weighted by Gasteiger charge is 2.39. The van der Waals surface area contributed by atoms with Crippen LogP contribution in [0.1, 0.15) is 64.7 Å². The molecule has 6 unspecified atom stereocenters. The van der Waals surface area contributed by atoms with Crippen LogP contribution in [0.25, 0.3) is 0 Å². The second kappa shape index (κ2) is 7.98. The second-order valence-electron chi connectivity index (χ2n) is 8.13. The van der Waals surface area contributed by atoms with E-state index >= 15 is 0 Å². The Morgan fingerprint density at radius 1 is 1.04 bits per heavy atom. The van der Waals surface area contributed by atoms with Crippen molar-refractivity contribution in [2.24, 2.45) is 29.4 Å². The lowest BCUT2D eigenvalue weighted by Gasteiger charge is -2.22. The number of rotatable bonds is 5. The zero-order valence-electron chi connectivity index (χ0n) is 14.6. The van der Waals surface area contributed by atoms with Crippen LogP contribution in [0.15, 0.2) is 0 Å². The van der Waals surface area contributed by atoms with Gasteiger partial charge in [-0.05, 0) is 69.1 Å². The minimum atomic E-state index is -0.0758. The number of esters is 1. The number of hydrogen-bond acceptors (Lipinski definition) is 4. The van der Waals surface area contributed by atoms with E-state index in [2.05, 4.69) is 5.32 Å². The Labute approximate surface area is 140 Å². The highest BCUT2D eigenvalue weighted by molar-refractivity contribution is 5.69. The van der Waals surface area contributed by atoms with Crippen molar-refractivity contribution in [1.82, 2.24) is 5.32 Å². The first-order chi connectivity index (χ1) is 11.2. The lowest BCUT2D eigenvalue weighted by atomic mass is 9.95. The molecule has 0 saturated heterocycles. The van der Waals surface area contributed by atoms with E-state index in [-0.39, 0.29) is 5.97 Å². The normalized spacial score (nSPS) is 40.1. The summed E-state index contributed by atoms with van der Waals surface area (Å²) in [6.07, 6.45) is 11.7. The van der Waals surface area contributed by atoms with Crippen LogP contribution in [-0.4, -0.2) is 31.2 Å². The average molecular weight is 322 g/mol. The van der Waals surface area contributed by atoms with Gasteiger partial charge in [0.25, 0.3) is 0 Å². The second-order valence-corrected chi connectivity index (χ2v) is 8.13. The summed E-state index contributed by atoms with van der Waals surface area (Å²) in [5.41, 5.74) is 5.82. The van der Waals surface area contributed by atoms with E-state index in [0.29, 0.717) is 25.1 Å². The van der Waals surface area contributed by atoms with Gasteiger partial charge in [0.05, 0.1) is 13.0 Å². The summed E-state index contributed by atoms with van der Waals surface area (Å²) in [5, 5.41) is 3.50. The molecular formula is C19H34N2O2. The summed E-state index contributed by atoms with van der Waals surface area (Å²) in [6.45, 7) is 3.13. The van der Waals surface area contributed by atoms with Crippen LogP contribution < -0.4 is 11.1 Å². The van der Waals surface area contributed by atoms with Gasteiger partial charge in [-0.3, -0.25) is 4.79 Å². The van der Waals surface area contributed by atoms with Gasteiger partial charge in [0.2, 0.25) is 0 Å². The predicted octanol–water partition coefficient (Wildman–Crippen LogP) is 2.85. The maximum Gasteiger partial charge on any atom is 0.307 e. The molecule has 0 amide bonds. The maximum atomic E-state index is 11.1. The Bertz CT molecular complexity index is 399. The molecule has 0 radical (unpaired) electrons. The molecule has 4 bridgehead atoms. The smallest absolute Gasteiger partial charge is 0.307 e. The van der Waals surface area contributed by atoms with Crippen LogP contribution in [0, 0.1) is 23.7 Å². The largest absolute Gasteiger partial charge is 0.466 e. The first kappa shape index (κ1) is 17.2. The molecule has 0 spiro atoms. The van der Waals surface area contributed by atoms with E-state index in [0.717, 1.165) is 30.2 Å². The van der Waals surface area contributed by atoms with Crippen molar-refractivity contribution in [2.45, 2.75) is 76.8 Å². The number of nitrogens with one attached hydrogen (secondary N) is 1. The molecule has 4 saturated carbocycles. The van der Waals surface area contributed by atoms with Gasteiger partial charge in [0.1, 0.15) is 0 Å². The van der Waals surface area contributed by atoms with E-state index in [1.807, 2.05) is 6.92 Å². The molecule has 4 nitrogen and oxygen atoms in total. The third-order valence-electron chi connectivity index (χ3n) is 6.57. The fourth-order valence-corrected chi connectivity index (χ4v) is 5.38. The van der Waals surface area contributed by atoms with E-state index in [9.17, 15) is 4.79 Å². The molecule has 4 fully saturated rings. The number of nitrogens with two attached hydrogens (primary N) is 1. The molecular weight excluding hydrogens is 288 g/mol. The molecule has 0 heterocycles. The van der Waals surface area contributed by atoms with Crippen LogP contribution in [0.3, 0.4) is 0 Å². The molecule has 0 aromatic rings. The summed E-state index contributed by atoms with van der Waals surface area (Å²) in [4.78, 5) is 11.1. The number of carbonyl (C=O) groups is 1. The third-order valence-corrected chi connectivity index (χ3v) is 6.57. The van der Waals surface area contributed by atoms with E-state index < -0.39 is 0 Å². The lowest BCUT2D eigenvalue weighted by molar-refractivity contribution is -0.143. The van der Waals surface area contributed by atoms with E-state index in [1.165, 1.54) is 51.4 Å². The highest BCUT2D eigenvalue weighted by Crippen LogP contribution is 2.44. The van der Waals surface area contributed by atoms with Crippen molar-refractivity contribution in [2.75, 3.05) is 13.2 Å². The Kier molecular flexibility index (Phi) is 5.97. The standard InChI is InChI=1S/C12H21NO2.C7H13N/c1-2-15-12(14)5-6-13-11-8-9-3-4-10(11)7-9;8-7-4-5-1-2-6(7)3-5/h9-11,13H,2-8H2,1H3;5-7H,1-4,8H2. The molecule has 6 atom stereocenters. The predicted molar refractivity (Wildman–Crippen MR) is 91.9 cm³/mol. The number of ether oxygens (including phenoxy) is 1. The average Bonchev–Trinajstić information content (AvgIpc) is 3.29. The van der Waals surface area contributed by atoms with Gasteiger partial charge in [0, 0.05) is 18.6 Å².